The van der Waals surface area contributed by atoms with E-state index in [4.69, 9.17) is 5.11 Å². The fourth-order valence-electron chi connectivity index (χ4n) is 0.813. The molecule has 11 heavy (non-hydrogen) atoms. The summed E-state index contributed by atoms with van der Waals surface area (Å²) in [5.74, 6) is -0.279. The maximum Gasteiger partial charge on any atom is 0.328 e. The lowest BCUT2D eigenvalue weighted by atomic mass is 10.3. The lowest BCUT2D eigenvalue weighted by Gasteiger charge is -2.10. The summed E-state index contributed by atoms with van der Waals surface area (Å²) >= 11 is 0. The van der Waals surface area contributed by atoms with Crippen LogP contribution in [0.3, 0.4) is 0 Å². The van der Waals surface area contributed by atoms with Gasteiger partial charge in [-0.15, -0.1) is 0 Å². The maximum absolute atomic E-state index is 10.1. The molecule has 1 aliphatic heterocycles. The molecular weight excluding hydrogens is 144 g/mol. The molecule has 0 saturated heterocycles. The van der Waals surface area contributed by atoms with Gasteiger partial charge in [0.2, 0.25) is 0 Å². The van der Waals surface area contributed by atoms with Crippen molar-refractivity contribution in [2.75, 3.05) is 13.1 Å². The molecule has 1 heterocycles. The average Bonchev–Trinajstić information content (AvgIpc) is 2.03. The number of carboxylic acids is 1. The van der Waals surface area contributed by atoms with E-state index in [1.807, 2.05) is 0 Å². The monoisotopic (exact) mass is 154 g/mol. The van der Waals surface area contributed by atoms with Crippen molar-refractivity contribution in [2.45, 2.75) is 6.42 Å². The quantitative estimate of drug-likeness (QED) is 0.551. The van der Waals surface area contributed by atoms with Gasteiger partial charge >= 0.3 is 5.97 Å². The molecule has 0 fully saturated rings. The Hall–Kier alpha value is -1.32. The second-order valence-corrected chi connectivity index (χ2v) is 2.22. The molecular formula is C7H10N2O2. The summed E-state index contributed by atoms with van der Waals surface area (Å²) in [4.78, 5) is 14.1. The van der Waals surface area contributed by atoms with Gasteiger partial charge in [0.05, 0.1) is 0 Å². The van der Waals surface area contributed by atoms with Gasteiger partial charge in [-0.2, -0.15) is 0 Å². The Morgan fingerprint density at radius 1 is 1.73 bits per heavy atom. The van der Waals surface area contributed by atoms with Crippen molar-refractivity contribution in [2.24, 2.45) is 4.99 Å². The van der Waals surface area contributed by atoms with Crippen LogP contribution in [0.5, 0.6) is 0 Å². The van der Waals surface area contributed by atoms with Crippen molar-refractivity contribution in [3.63, 3.8) is 0 Å². The number of carbonyl (C=O) groups is 1. The minimum absolute atomic E-state index is 0.665. The zero-order valence-corrected chi connectivity index (χ0v) is 6.08. The number of nitrogens with one attached hydrogen (secondary N) is 1. The molecule has 0 bridgehead atoms. The lowest BCUT2D eigenvalue weighted by molar-refractivity contribution is -0.131. The molecule has 60 valence electrons. The number of aliphatic imine (C=N–C) groups is 1. The fourth-order valence-corrected chi connectivity index (χ4v) is 0.813. The highest BCUT2D eigenvalue weighted by atomic mass is 16.4. The number of nitrogens with zero attached hydrogens (tertiary/aromatic N) is 1. The van der Waals surface area contributed by atoms with Crippen molar-refractivity contribution >= 4 is 11.8 Å². The summed E-state index contributed by atoms with van der Waals surface area (Å²) in [7, 11) is 0. The normalized spacial score (nSPS) is 17.6. The minimum atomic E-state index is -0.944. The van der Waals surface area contributed by atoms with E-state index in [-0.39, 0.29) is 0 Å². The Kier molecular flexibility index (Phi) is 2.66. The Labute approximate surface area is 64.6 Å². The SMILES string of the molecule is O=C(O)C=CC1=NCCCN1. The number of rotatable bonds is 2. The van der Waals surface area contributed by atoms with Gasteiger partial charge in [0.15, 0.2) is 0 Å². The predicted octanol–water partition coefficient (Wildman–Crippen LogP) is 0.0190. The van der Waals surface area contributed by atoms with E-state index in [1.54, 1.807) is 0 Å². The Morgan fingerprint density at radius 3 is 3.09 bits per heavy atom. The maximum atomic E-state index is 10.1. The van der Waals surface area contributed by atoms with Crippen LogP contribution < -0.4 is 5.32 Å². The highest BCUT2D eigenvalue weighted by Gasteiger charge is 1.99. The molecule has 0 aromatic carbocycles. The van der Waals surface area contributed by atoms with Gasteiger partial charge in [0, 0.05) is 19.2 Å². The molecule has 0 amide bonds. The van der Waals surface area contributed by atoms with Crippen LogP contribution in [0.25, 0.3) is 0 Å². The van der Waals surface area contributed by atoms with Crippen molar-refractivity contribution in [1.82, 2.24) is 5.32 Å². The van der Waals surface area contributed by atoms with E-state index in [0.29, 0.717) is 5.84 Å². The number of hydrogen-bond donors (Lipinski definition) is 2. The summed E-state index contributed by atoms with van der Waals surface area (Å²) in [5, 5.41) is 11.2. The molecule has 0 saturated carbocycles. The number of carboxylic acid groups (broad SMARTS) is 1. The van der Waals surface area contributed by atoms with E-state index < -0.39 is 5.97 Å². The predicted molar refractivity (Wildman–Crippen MR) is 41.7 cm³/mol. The highest BCUT2D eigenvalue weighted by molar-refractivity contribution is 5.97. The summed E-state index contributed by atoms with van der Waals surface area (Å²) in [6.07, 6.45) is 3.57. The summed E-state index contributed by atoms with van der Waals surface area (Å²) in [6, 6.07) is 0. The zero-order chi connectivity index (χ0) is 8.10. The van der Waals surface area contributed by atoms with Crippen molar-refractivity contribution in [1.29, 1.82) is 0 Å². The molecule has 0 atom stereocenters. The molecule has 1 rings (SSSR count). The molecule has 1 aliphatic rings. The largest absolute Gasteiger partial charge is 0.478 e. The van der Waals surface area contributed by atoms with Gasteiger partial charge in [-0.05, 0) is 12.5 Å². The fraction of sp³-hybridized carbons (Fsp3) is 0.429. The topological polar surface area (TPSA) is 61.7 Å². The van der Waals surface area contributed by atoms with Crippen molar-refractivity contribution in [3.05, 3.63) is 12.2 Å². The van der Waals surface area contributed by atoms with Gasteiger partial charge < -0.3 is 10.4 Å². The van der Waals surface area contributed by atoms with Gasteiger partial charge in [-0.1, -0.05) is 0 Å². The van der Waals surface area contributed by atoms with Crippen LogP contribution in [-0.4, -0.2) is 30.0 Å². The van der Waals surface area contributed by atoms with Crippen LogP contribution >= 0.6 is 0 Å². The number of aliphatic carboxylic acids is 1. The van der Waals surface area contributed by atoms with Crippen LogP contribution in [0.1, 0.15) is 6.42 Å². The lowest BCUT2D eigenvalue weighted by Crippen LogP contribution is -2.27. The first kappa shape index (κ1) is 7.78. The first-order valence-electron chi connectivity index (χ1n) is 3.48. The molecule has 0 unspecified atom stereocenters. The smallest absolute Gasteiger partial charge is 0.328 e. The number of amidine groups is 1. The second kappa shape index (κ2) is 3.75. The summed E-state index contributed by atoms with van der Waals surface area (Å²) in [6.45, 7) is 1.66. The third-order valence-corrected chi connectivity index (χ3v) is 1.31. The van der Waals surface area contributed by atoms with Crippen LogP contribution in [0, 0.1) is 0 Å². The van der Waals surface area contributed by atoms with E-state index in [0.717, 1.165) is 25.6 Å². The van der Waals surface area contributed by atoms with Gasteiger partial charge in [-0.3, -0.25) is 4.99 Å². The van der Waals surface area contributed by atoms with Crippen LogP contribution in [0.4, 0.5) is 0 Å². The van der Waals surface area contributed by atoms with Gasteiger partial charge in [-0.25, -0.2) is 4.79 Å². The van der Waals surface area contributed by atoms with Crippen LogP contribution in [-0.2, 0) is 4.79 Å². The first-order chi connectivity index (χ1) is 5.29. The Balaban J connectivity index is 2.47. The van der Waals surface area contributed by atoms with E-state index in [1.165, 1.54) is 6.08 Å². The molecule has 0 aromatic heterocycles. The van der Waals surface area contributed by atoms with Gasteiger partial charge in [0.1, 0.15) is 5.84 Å². The molecule has 0 radical (unpaired) electrons. The third-order valence-electron chi connectivity index (χ3n) is 1.31. The molecule has 0 spiro atoms. The standard InChI is InChI=1S/C7H10N2O2/c10-7(11)3-2-6-8-4-1-5-9-6/h2-3H,1,4-5H2,(H,8,9)(H,10,11). The van der Waals surface area contributed by atoms with Crippen LogP contribution in [0.15, 0.2) is 17.1 Å². The molecule has 4 nitrogen and oxygen atoms in total. The summed E-state index contributed by atoms with van der Waals surface area (Å²) in [5.41, 5.74) is 0. The van der Waals surface area contributed by atoms with E-state index in [9.17, 15) is 4.79 Å². The molecule has 4 heteroatoms. The Bertz CT molecular complexity index is 208. The number of hydrogen-bond acceptors (Lipinski definition) is 3. The van der Waals surface area contributed by atoms with Crippen molar-refractivity contribution in [3.8, 4) is 0 Å². The van der Waals surface area contributed by atoms with E-state index >= 15 is 0 Å². The highest BCUT2D eigenvalue weighted by Crippen LogP contribution is 1.90. The molecule has 0 aliphatic carbocycles. The third kappa shape index (κ3) is 2.84. The second-order valence-electron chi connectivity index (χ2n) is 2.22. The molecule has 0 aromatic rings. The van der Waals surface area contributed by atoms with Crippen molar-refractivity contribution < 1.29 is 9.90 Å². The molecule has 2 N–H and O–H groups in total. The van der Waals surface area contributed by atoms with Gasteiger partial charge in [0.25, 0.3) is 0 Å². The first-order valence-corrected chi connectivity index (χ1v) is 3.48. The van der Waals surface area contributed by atoms with E-state index in [2.05, 4.69) is 10.3 Å². The average molecular weight is 154 g/mol. The zero-order valence-electron chi connectivity index (χ0n) is 6.08. The Morgan fingerprint density at radius 2 is 2.55 bits per heavy atom. The van der Waals surface area contributed by atoms with Crippen LogP contribution in [0.2, 0.25) is 0 Å². The minimum Gasteiger partial charge on any atom is -0.478 e. The summed E-state index contributed by atoms with van der Waals surface area (Å²) < 4.78 is 0.